The number of carbonyl (C=O) groups excluding carboxylic acids is 1. The minimum atomic E-state index is -0.466. The van der Waals surface area contributed by atoms with Crippen LogP contribution in [0, 0.1) is 0 Å². The van der Waals surface area contributed by atoms with Crippen molar-refractivity contribution in [3.8, 4) is 11.5 Å². The van der Waals surface area contributed by atoms with Crippen molar-refractivity contribution in [3.63, 3.8) is 0 Å². The summed E-state index contributed by atoms with van der Waals surface area (Å²) >= 11 is 0. The number of hydrogen-bond acceptors (Lipinski definition) is 4. The molecule has 0 aliphatic carbocycles. The van der Waals surface area contributed by atoms with Gasteiger partial charge in [-0.2, -0.15) is 0 Å². The molecule has 0 saturated carbocycles. The molecule has 5 heteroatoms. The third kappa shape index (κ3) is 3.63. The lowest BCUT2D eigenvalue weighted by atomic mass is 10.2. The van der Waals surface area contributed by atoms with Crippen LogP contribution in [0.2, 0.25) is 0 Å². The first-order chi connectivity index (χ1) is 9.60. The van der Waals surface area contributed by atoms with E-state index in [1.54, 1.807) is 14.0 Å². The Morgan fingerprint density at radius 3 is 2.20 bits per heavy atom. The Morgan fingerprint density at radius 1 is 1.10 bits per heavy atom. The fraction of sp³-hybridized carbons (Fsp3) is 0.533. The molecule has 1 aliphatic rings. The van der Waals surface area contributed by atoms with Gasteiger partial charge in [-0.1, -0.05) is 0 Å². The van der Waals surface area contributed by atoms with Gasteiger partial charge in [0.25, 0.3) is 5.91 Å². The number of nitrogens with zero attached hydrogens (tertiary/aromatic N) is 2. The van der Waals surface area contributed by atoms with Crippen molar-refractivity contribution in [1.29, 1.82) is 0 Å². The van der Waals surface area contributed by atoms with E-state index in [1.165, 1.54) is 0 Å². The minimum absolute atomic E-state index is 0.0499. The first-order valence-electron chi connectivity index (χ1n) is 6.88. The van der Waals surface area contributed by atoms with Gasteiger partial charge in [0.1, 0.15) is 11.5 Å². The Bertz CT molecular complexity index is 439. The lowest BCUT2D eigenvalue weighted by Gasteiger charge is -2.33. The lowest BCUT2D eigenvalue weighted by Crippen LogP contribution is -2.50. The van der Waals surface area contributed by atoms with E-state index in [0.717, 1.165) is 31.9 Å². The molecule has 1 atom stereocenters. The first kappa shape index (κ1) is 14.7. The fourth-order valence-electron chi connectivity index (χ4n) is 2.19. The summed E-state index contributed by atoms with van der Waals surface area (Å²) in [4.78, 5) is 16.4. The molecule has 1 aromatic carbocycles. The average molecular weight is 278 g/mol. The molecule has 1 fully saturated rings. The smallest absolute Gasteiger partial charge is 0.263 e. The van der Waals surface area contributed by atoms with Crippen LogP contribution < -0.4 is 9.47 Å². The summed E-state index contributed by atoms with van der Waals surface area (Å²) in [6.07, 6.45) is -0.466. The number of rotatable bonds is 4. The third-order valence-corrected chi connectivity index (χ3v) is 3.54. The molecule has 1 aromatic rings. The van der Waals surface area contributed by atoms with Gasteiger partial charge < -0.3 is 19.3 Å². The predicted molar refractivity (Wildman–Crippen MR) is 77.2 cm³/mol. The fourth-order valence-corrected chi connectivity index (χ4v) is 2.19. The second-order valence-corrected chi connectivity index (χ2v) is 5.06. The monoisotopic (exact) mass is 278 g/mol. The van der Waals surface area contributed by atoms with Crippen LogP contribution in [0.5, 0.6) is 11.5 Å². The maximum Gasteiger partial charge on any atom is 0.263 e. The number of piperazine rings is 1. The number of benzene rings is 1. The average Bonchev–Trinajstić information content (AvgIpc) is 2.48. The van der Waals surface area contributed by atoms with Crippen molar-refractivity contribution in [1.82, 2.24) is 9.80 Å². The number of ether oxygens (including phenoxy) is 2. The lowest BCUT2D eigenvalue weighted by molar-refractivity contribution is -0.139. The quantitative estimate of drug-likeness (QED) is 0.831. The molecule has 5 nitrogen and oxygen atoms in total. The molecule has 0 spiro atoms. The zero-order valence-electron chi connectivity index (χ0n) is 12.3. The normalized spacial score (nSPS) is 17.6. The largest absolute Gasteiger partial charge is 0.497 e. The standard InChI is InChI=1S/C15H22N2O3/c1-12(15(18)17-10-8-16(2)9-11-17)20-14-6-4-13(19-3)5-7-14/h4-7,12H,8-11H2,1-3H3/t12-/m0/s1. The molecule has 1 saturated heterocycles. The van der Waals surface area contributed by atoms with Gasteiger partial charge in [-0.05, 0) is 38.2 Å². The zero-order chi connectivity index (χ0) is 14.5. The Kier molecular flexibility index (Phi) is 4.84. The highest BCUT2D eigenvalue weighted by atomic mass is 16.5. The van der Waals surface area contributed by atoms with Crippen molar-refractivity contribution in [3.05, 3.63) is 24.3 Å². The van der Waals surface area contributed by atoms with Crippen LogP contribution in [0.15, 0.2) is 24.3 Å². The Labute approximate surface area is 120 Å². The first-order valence-corrected chi connectivity index (χ1v) is 6.88. The van der Waals surface area contributed by atoms with Crippen LogP contribution in [0.25, 0.3) is 0 Å². The van der Waals surface area contributed by atoms with Crippen LogP contribution in [-0.4, -0.2) is 62.1 Å². The topological polar surface area (TPSA) is 42.0 Å². The number of likely N-dealkylation sites (N-methyl/N-ethyl adjacent to an activating group) is 1. The second-order valence-electron chi connectivity index (χ2n) is 5.06. The molecule has 110 valence electrons. The van der Waals surface area contributed by atoms with Gasteiger partial charge in [-0.15, -0.1) is 0 Å². The van der Waals surface area contributed by atoms with Crippen LogP contribution in [0.1, 0.15) is 6.92 Å². The van der Waals surface area contributed by atoms with E-state index >= 15 is 0 Å². The molecule has 1 aliphatic heterocycles. The number of methoxy groups -OCH3 is 1. The summed E-state index contributed by atoms with van der Waals surface area (Å²) in [5.74, 6) is 1.50. The molecule has 1 heterocycles. The highest BCUT2D eigenvalue weighted by Gasteiger charge is 2.24. The van der Waals surface area contributed by atoms with Gasteiger partial charge in [0.05, 0.1) is 7.11 Å². The van der Waals surface area contributed by atoms with Gasteiger partial charge in [-0.3, -0.25) is 4.79 Å². The van der Waals surface area contributed by atoms with E-state index in [2.05, 4.69) is 11.9 Å². The van der Waals surface area contributed by atoms with Gasteiger partial charge in [0.2, 0.25) is 0 Å². The molecule has 0 N–H and O–H groups in total. The van der Waals surface area contributed by atoms with E-state index in [4.69, 9.17) is 9.47 Å². The minimum Gasteiger partial charge on any atom is -0.497 e. The second kappa shape index (κ2) is 6.61. The van der Waals surface area contributed by atoms with E-state index in [9.17, 15) is 4.79 Å². The summed E-state index contributed by atoms with van der Waals surface area (Å²) < 4.78 is 10.8. The summed E-state index contributed by atoms with van der Waals surface area (Å²) in [5, 5.41) is 0. The van der Waals surface area contributed by atoms with Gasteiger partial charge in [-0.25, -0.2) is 0 Å². The summed E-state index contributed by atoms with van der Waals surface area (Å²) in [5.41, 5.74) is 0. The van der Waals surface area contributed by atoms with Gasteiger partial charge >= 0.3 is 0 Å². The molecule has 0 bridgehead atoms. The molecule has 0 aromatic heterocycles. The van der Waals surface area contributed by atoms with Gasteiger partial charge in [0, 0.05) is 26.2 Å². The third-order valence-electron chi connectivity index (χ3n) is 3.54. The highest BCUT2D eigenvalue weighted by molar-refractivity contribution is 5.81. The molecule has 0 radical (unpaired) electrons. The Hall–Kier alpha value is -1.75. The van der Waals surface area contributed by atoms with Crippen LogP contribution in [-0.2, 0) is 4.79 Å². The van der Waals surface area contributed by atoms with E-state index < -0.39 is 6.10 Å². The summed E-state index contributed by atoms with van der Waals surface area (Å²) in [7, 11) is 3.69. The van der Waals surface area contributed by atoms with Crippen molar-refractivity contribution in [2.24, 2.45) is 0 Å². The van der Waals surface area contributed by atoms with E-state index in [0.29, 0.717) is 5.75 Å². The number of carbonyl (C=O) groups is 1. The number of amides is 1. The molecular weight excluding hydrogens is 256 g/mol. The number of hydrogen-bond donors (Lipinski definition) is 0. The maximum absolute atomic E-state index is 12.3. The zero-order valence-corrected chi connectivity index (χ0v) is 12.3. The molecule has 0 unspecified atom stereocenters. The van der Waals surface area contributed by atoms with Crippen LogP contribution >= 0.6 is 0 Å². The maximum atomic E-state index is 12.3. The van der Waals surface area contributed by atoms with Crippen molar-refractivity contribution >= 4 is 5.91 Å². The van der Waals surface area contributed by atoms with E-state index in [-0.39, 0.29) is 5.91 Å². The van der Waals surface area contributed by atoms with Crippen LogP contribution in [0.3, 0.4) is 0 Å². The molecule has 1 amide bonds. The SMILES string of the molecule is COc1ccc(O[C@@H](C)C(=O)N2CCN(C)CC2)cc1. The molecular formula is C15H22N2O3. The van der Waals surface area contributed by atoms with Crippen molar-refractivity contribution < 1.29 is 14.3 Å². The van der Waals surface area contributed by atoms with Crippen LogP contribution in [0.4, 0.5) is 0 Å². The Morgan fingerprint density at radius 2 is 1.65 bits per heavy atom. The molecule has 2 rings (SSSR count). The van der Waals surface area contributed by atoms with Gasteiger partial charge in [0.15, 0.2) is 6.10 Å². The Balaban J connectivity index is 1.89. The highest BCUT2D eigenvalue weighted by Crippen LogP contribution is 2.18. The summed E-state index contributed by atoms with van der Waals surface area (Å²) in [6, 6.07) is 7.27. The summed E-state index contributed by atoms with van der Waals surface area (Å²) in [6.45, 7) is 5.17. The molecule has 20 heavy (non-hydrogen) atoms. The van der Waals surface area contributed by atoms with E-state index in [1.807, 2.05) is 29.2 Å². The predicted octanol–water partition coefficient (Wildman–Crippen LogP) is 1.24. The van der Waals surface area contributed by atoms with Crippen molar-refractivity contribution in [2.45, 2.75) is 13.0 Å². The van der Waals surface area contributed by atoms with Crippen molar-refractivity contribution in [2.75, 3.05) is 40.3 Å².